The van der Waals surface area contributed by atoms with Gasteiger partial charge in [0.05, 0.1) is 11.4 Å². The van der Waals surface area contributed by atoms with Crippen molar-refractivity contribution in [1.29, 1.82) is 0 Å². The number of aldehydes is 1. The molecule has 0 aliphatic rings. The van der Waals surface area contributed by atoms with Crippen molar-refractivity contribution in [3.8, 4) is 0 Å². The van der Waals surface area contributed by atoms with Gasteiger partial charge in [-0.1, -0.05) is 36.4 Å². The fraction of sp³-hybridized carbons (Fsp3) is 0. The minimum Gasteiger partial charge on any atom is -0.294 e. The molecule has 0 aliphatic carbocycles. The highest BCUT2D eigenvalue weighted by molar-refractivity contribution is 6.27. The van der Waals surface area contributed by atoms with Crippen LogP contribution in [0, 0.1) is 0 Å². The van der Waals surface area contributed by atoms with Crippen LogP contribution in [0.15, 0.2) is 76.0 Å². The van der Waals surface area contributed by atoms with Crippen molar-refractivity contribution in [2.24, 2.45) is 15.3 Å². The maximum Gasteiger partial charge on any atom is 0.233 e. The van der Waals surface area contributed by atoms with E-state index in [2.05, 4.69) is 20.8 Å². The summed E-state index contributed by atoms with van der Waals surface area (Å²) in [4.78, 5) is 10.8. The van der Waals surface area contributed by atoms with Crippen LogP contribution < -0.4 is 5.43 Å². The predicted octanol–water partition coefficient (Wildman–Crippen LogP) is 3.39. The zero-order valence-electron chi connectivity index (χ0n) is 10.1. The van der Waals surface area contributed by atoms with Crippen molar-refractivity contribution in [3.05, 3.63) is 60.7 Å². The van der Waals surface area contributed by atoms with E-state index < -0.39 is 0 Å². The molecule has 0 atom stereocenters. The van der Waals surface area contributed by atoms with E-state index >= 15 is 0 Å². The second kappa shape index (κ2) is 6.80. The lowest BCUT2D eigenvalue weighted by molar-refractivity contribution is -0.102. The summed E-state index contributed by atoms with van der Waals surface area (Å²) in [5.41, 5.74) is 4.17. The fourth-order valence-electron chi connectivity index (χ4n) is 1.31. The van der Waals surface area contributed by atoms with E-state index in [1.165, 1.54) is 0 Å². The summed E-state index contributed by atoms with van der Waals surface area (Å²) in [5.74, 6) is -0.0206. The third-order valence-corrected chi connectivity index (χ3v) is 2.20. The van der Waals surface area contributed by atoms with Crippen molar-refractivity contribution in [2.75, 3.05) is 5.43 Å². The van der Waals surface area contributed by atoms with Gasteiger partial charge in [-0.05, 0) is 24.3 Å². The van der Waals surface area contributed by atoms with E-state index in [0.29, 0.717) is 12.0 Å². The van der Waals surface area contributed by atoms with E-state index in [0.717, 1.165) is 5.69 Å². The summed E-state index contributed by atoms with van der Waals surface area (Å²) in [6, 6.07) is 18.4. The molecule has 0 unspecified atom stereocenters. The Labute approximate surface area is 110 Å². The second-order valence-electron chi connectivity index (χ2n) is 3.60. The van der Waals surface area contributed by atoms with Gasteiger partial charge in [0.15, 0.2) is 6.29 Å². The largest absolute Gasteiger partial charge is 0.294 e. The van der Waals surface area contributed by atoms with Gasteiger partial charge >= 0.3 is 0 Å². The highest BCUT2D eigenvalue weighted by Crippen LogP contribution is 2.10. The van der Waals surface area contributed by atoms with E-state index in [4.69, 9.17) is 0 Å². The minimum absolute atomic E-state index is 0.0206. The lowest BCUT2D eigenvalue weighted by Gasteiger charge is -1.98. The van der Waals surface area contributed by atoms with Gasteiger partial charge in [0.25, 0.3) is 0 Å². The molecule has 5 heteroatoms. The van der Waals surface area contributed by atoms with Gasteiger partial charge in [0, 0.05) is 0 Å². The Kier molecular flexibility index (Phi) is 4.52. The molecule has 0 spiro atoms. The molecule has 5 nitrogen and oxygen atoms in total. The van der Waals surface area contributed by atoms with E-state index in [-0.39, 0.29) is 5.84 Å². The molecule has 2 aromatic rings. The number of rotatable bonds is 4. The number of hydrazone groups is 1. The third-order valence-electron chi connectivity index (χ3n) is 2.20. The van der Waals surface area contributed by atoms with Crippen LogP contribution in [-0.4, -0.2) is 12.1 Å². The number of azo groups is 1. The SMILES string of the molecule is O=CC(N=Nc1ccccc1)=NNc1ccccc1. The summed E-state index contributed by atoms with van der Waals surface area (Å²) in [6.07, 6.45) is 0.544. The van der Waals surface area contributed by atoms with Gasteiger partial charge in [-0.2, -0.15) is 0 Å². The molecule has 0 saturated carbocycles. The number of hydrogen-bond donors (Lipinski definition) is 1. The zero-order valence-corrected chi connectivity index (χ0v) is 10.1. The van der Waals surface area contributed by atoms with E-state index in [1.54, 1.807) is 12.1 Å². The van der Waals surface area contributed by atoms with Crippen LogP contribution in [0.4, 0.5) is 11.4 Å². The average Bonchev–Trinajstić information content (AvgIpc) is 2.49. The molecule has 0 saturated heterocycles. The first-order valence-corrected chi connectivity index (χ1v) is 5.69. The summed E-state index contributed by atoms with van der Waals surface area (Å²) >= 11 is 0. The molecular formula is C14H12N4O. The van der Waals surface area contributed by atoms with Crippen molar-refractivity contribution in [3.63, 3.8) is 0 Å². The number of carbonyl (C=O) groups is 1. The van der Waals surface area contributed by atoms with Crippen LogP contribution in [0.2, 0.25) is 0 Å². The van der Waals surface area contributed by atoms with Crippen molar-refractivity contribution in [1.82, 2.24) is 0 Å². The van der Waals surface area contributed by atoms with E-state index in [9.17, 15) is 4.79 Å². The summed E-state index contributed by atoms with van der Waals surface area (Å²) in [7, 11) is 0. The Morgan fingerprint density at radius 3 is 2.21 bits per heavy atom. The number of para-hydroxylation sites is 1. The number of anilines is 1. The molecule has 2 aromatic carbocycles. The molecule has 0 heterocycles. The van der Waals surface area contributed by atoms with Gasteiger partial charge in [-0.3, -0.25) is 10.2 Å². The first kappa shape index (κ1) is 12.6. The Morgan fingerprint density at radius 1 is 0.947 bits per heavy atom. The van der Waals surface area contributed by atoms with Crippen LogP contribution in [0.25, 0.3) is 0 Å². The first-order chi connectivity index (χ1) is 9.38. The Balaban J connectivity index is 2.04. The second-order valence-corrected chi connectivity index (χ2v) is 3.60. The Hall–Kier alpha value is -2.82. The maximum atomic E-state index is 10.8. The third kappa shape index (κ3) is 4.16. The lowest BCUT2D eigenvalue weighted by Crippen LogP contribution is -1.99. The molecule has 1 N–H and O–H groups in total. The van der Waals surface area contributed by atoms with Crippen LogP contribution in [0.1, 0.15) is 0 Å². The molecule has 0 bridgehead atoms. The maximum absolute atomic E-state index is 10.8. The van der Waals surface area contributed by atoms with Gasteiger partial charge in [0.2, 0.25) is 5.84 Å². The normalized spacial score (nSPS) is 11.5. The standard InChI is InChI=1S/C14H12N4O/c19-11-14(17-15-12-7-3-1-4-8-12)18-16-13-9-5-2-6-10-13/h1-11,15H. The number of hydrogen-bond acceptors (Lipinski definition) is 4. The molecule has 94 valence electrons. The predicted molar refractivity (Wildman–Crippen MR) is 74.5 cm³/mol. The van der Waals surface area contributed by atoms with Crippen molar-refractivity contribution >= 4 is 23.5 Å². The summed E-state index contributed by atoms with van der Waals surface area (Å²) in [6.45, 7) is 0. The fourth-order valence-corrected chi connectivity index (χ4v) is 1.31. The molecule has 0 aromatic heterocycles. The van der Waals surface area contributed by atoms with Crippen LogP contribution >= 0.6 is 0 Å². The Morgan fingerprint density at radius 2 is 1.58 bits per heavy atom. The first-order valence-electron chi connectivity index (χ1n) is 5.69. The smallest absolute Gasteiger partial charge is 0.233 e. The lowest BCUT2D eigenvalue weighted by atomic mass is 10.3. The topological polar surface area (TPSA) is 66.2 Å². The summed E-state index contributed by atoms with van der Waals surface area (Å²) in [5, 5.41) is 11.6. The van der Waals surface area contributed by atoms with Crippen LogP contribution in [0.5, 0.6) is 0 Å². The number of amidine groups is 1. The van der Waals surface area contributed by atoms with Crippen LogP contribution in [-0.2, 0) is 4.79 Å². The molecule has 2 rings (SSSR count). The monoisotopic (exact) mass is 252 g/mol. The molecule has 0 radical (unpaired) electrons. The van der Waals surface area contributed by atoms with Crippen LogP contribution in [0.3, 0.4) is 0 Å². The molecule has 0 aliphatic heterocycles. The van der Waals surface area contributed by atoms with Gasteiger partial charge < -0.3 is 0 Å². The molecule has 0 amide bonds. The number of carbonyl (C=O) groups excluding carboxylic acids is 1. The van der Waals surface area contributed by atoms with Crippen molar-refractivity contribution < 1.29 is 4.79 Å². The van der Waals surface area contributed by atoms with Gasteiger partial charge in [0.1, 0.15) is 0 Å². The molecule has 19 heavy (non-hydrogen) atoms. The molecule has 0 fully saturated rings. The number of nitrogens with zero attached hydrogens (tertiary/aromatic N) is 3. The zero-order chi connectivity index (χ0) is 13.3. The highest BCUT2D eigenvalue weighted by Gasteiger charge is 1.94. The average molecular weight is 252 g/mol. The highest BCUT2D eigenvalue weighted by atomic mass is 16.1. The van der Waals surface area contributed by atoms with Gasteiger partial charge in [-0.15, -0.1) is 15.3 Å². The summed E-state index contributed by atoms with van der Waals surface area (Å²) < 4.78 is 0. The number of nitrogens with one attached hydrogen (secondary N) is 1. The van der Waals surface area contributed by atoms with Gasteiger partial charge in [-0.25, -0.2) is 0 Å². The minimum atomic E-state index is -0.0206. The Bertz CT molecular complexity index is 579. The molecular weight excluding hydrogens is 240 g/mol. The van der Waals surface area contributed by atoms with Crippen molar-refractivity contribution in [2.45, 2.75) is 0 Å². The van der Waals surface area contributed by atoms with E-state index in [1.807, 2.05) is 48.5 Å². The number of benzene rings is 2. The quantitative estimate of drug-likeness (QED) is 0.298.